The van der Waals surface area contributed by atoms with Gasteiger partial charge >= 0.3 is 0 Å². The molecule has 0 fully saturated rings. The van der Waals surface area contributed by atoms with E-state index in [0.717, 1.165) is 0 Å². The molecule has 56 valence electrons. The predicted molar refractivity (Wildman–Crippen MR) is 54.6 cm³/mol. The van der Waals surface area contributed by atoms with Crippen LogP contribution in [0.25, 0.3) is 0 Å². The van der Waals surface area contributed by atoms with Crippen LogP contribution >= 0.6 is 35.2 Å². The van der Waals surface area contributed by atoms with Gasteiger partial charge in [0.2, 0.25) is 0 Å². The second-order valence-electron chi connectivity index (χ2n) is 2.07. The third kappa shape index (κ3) is 6.93. The summed E-state index contributed by atoms with van der Waals surface area (Å²) in [5.41, 5.74) is 5.38. The number of hydrogen-bond donors (Lipinski definition) is 2. The number of rotatable bonds is 5. The van der Waals surface area contributed by atoms with Crippen LogP contribution in [-0.2, 0) is 0 Å². The Bertz CT molecular complexity index is 61.0. The van der Waals surface area contributed by atoms with Crippen molar-refractivity contribution >= 4 is 35.2 Å². The summed E-state index contributed by atoms with van der Waals surface area (Å²) in [5.74, 6) is 0. The van der Waals surface area contributed by atoms with Gasteiger partial charge in [0.15, 0.2) is 0 Å². The molecular weight excluding hydrogens is 245 g/mol. The van der Waals surface area contributed by atoms with E-state index in [1.807, 2.05) is 0 Å². The molecule has 2 N–H and O–H groups in total. The Kier molecular flexibility index (Phi) is 7.98. The lowest BCUT2D eigenvalue weighted by Gasteiger charge is -2.04. The van der Waals surface area contributed by atoms with Gasteiger partial charge in [-0.1, -0.05) is 29.0 Å². The summed E-state index contributed by atoms with van der Waals surface area (Å²) in [5, 5.41) is 0.424. The first-order valence-electron chi connectivity index (χ1n) is 3.25. The van der Waals surface area contributed by atoms with Crippen molar-refractivity contribution in [1.82, 2.24) is 0 Å². The zero-order chi connectivity index (χ0) is 7.11. The first kappa shape index (κ1) is 10.0. The fourth-order valence-electron chi connectivity index (χ4n) is 0.592. The molecule has 0 amide bonds. The van der Waals surface area contributed by atoms with E-state index in [1.165, 1.54) is 23.7 Å². The third-order valence-corrected chi connectivity index (χ3v) is 2.42. The van der Waals surface area contributed by atoms with Gasteiger partial charge in [-0.25, -0.2) is 0 Å². The zero-order valence-corrected chi connectivity index (χ0v) is 8.57. The van der Waals surface area contributed by atoms with Crippen LogP contribution in [0.2, 0.25) is 0 Å². The smallest absolute Gasteiger partial charge is 0.0140 e. The Morgan fingerprint density at radius 2 is 2.11 bits per heavy atom. The highest BCUT2D eigenvalue weighted by atomic mass is 127. The summed E-state index contributed by atoms with van der Waals surface area (Å²) in [6.45, 7) is 0.713. The largest absolute Gasteiger partial charge is 0.329 e. The maximum Gasteiger partial charge on any atom is 0.0140 e. The summed E-state index contributed by atoms with van der Waals surface area (Å²) >= 11 is 6.67. The fraction of sp³-hybridized carbons (Fsp3) is 1.00. The Balaban J connectivity index is 2.88. The van der Waals surface area contributed by atoms with Gasteiger partial charge in [-0.15, -0.1) is 0 Å². The first-order chi connectivity index (χ1) is 4.31. The minimum Gasteiger partial charge on any atom is -0.329 e. The average Bonchev–Trinajstić information content (AvgIpc) is 1.89. The molecule has 0 rings (SSSR count). The maximum absolute atomic E-state index is 5.38. The summed E-state index contributed by atoms with van der Waals surface area (Å²) in [7, 11) is 0. The highest BCUT2D eigenvalue weighted by Crippen LogP contribution is 2.06. The van der Waals surface area contributed by atoms with Crippen molar-refractivity contribution in [3.63, 3.8) is 0 Å². The molecule has 0 heterocycles. The number of unbranched alkanes of at least 4 members (excludes halogenated alkanes) is 1. The molecule has 0 spiro atoms. The van der Waals surface area contributed by atoms with E-state index < -0.39 is 0 Å². The number of halogens is 1. The van der Waals surface area contributed by atoms with E-state index >= 15 is 0 Å². The van der Waals surface area contributed by atoms with Crippen molar-refractivity contribution in [2.24, 2.45) is 5.73 Å². The number of thiol groups is 1. The van der Waals surface area contributed by atoms with Crippen LogP contribution in [0.1, 0.15) is 19.3 Å². The predicted octanol–water partition coefficient (Wildman–Crippen LogP) is 1.85. The maximum atomic E-state index is 5.38. The summed E-state index contributed by atoms with van der Waals surface area (Å²) in [6, 6.07) is 0. The molecule has 0 radical (unpaired) electrons. The van der Waals surface area contributed by atoms with Crippen molar-refractivity contribution in [3.05, 3.63) is 0 Å². The van der Waals surface area contributed by atoms with Crippen LogP contribution in [0.15, 0.2) is 0 Å². The van der Waals surface area contributed by atoms with Crippen LogP contribution in [0.5, 0.6) is 0 Å². The quantitative estimate of drug-likeness (QED) is 0.335. The summed E-state index contributed by atoms with van der Waals surface area (Å²) in [4.78, 5) is 0. The molecule has 3 heteroatoms. The number of hydrogen-bond acceptors (Lipinski definition) is 2. The lowest BCUT2D eigenvalue weighted by Crippen LogP contribution is -2.13. The van der Waals surface area contributed by atoms with E-state index in [4.69, 9.17) is 5.73 Å². The summed E-state index contributed by atoms with van der Waals surface area (Å²) < 4.78 is 1.25. The van der Waals surface area contributed by atoms with E-state index in [2.05, 4.69) is 35.2 Å². The molecule has 0 bridgehead atoms. The van der Waals surface area contributed by atoms with Gasteiger partial charge < -0.3 is 5.73 Å². The molecule has 0 aromatic carbocycles. The molecular formula is C6H14INS. The molecule has 0 aliphatic rings. The molecule has 1 atom stereocenters. The van der Waals surface area contributed by atoms with Crippen molar-refractivity contribution in [3.8, 4) is 0 Å². The molecule has 0 unspecified atom stereocenters. The zero-order valence-electron chi connectivity index (χ0n) is 5.52. The highest BCUT2D eigenvalue weighted by Gasteiger charge is 1.97. The number of alkyl halides is 1. The normalized spacial score (nSPS) is 13.7. The van der Waals surface area contributed by atoms with E-state index in [9.17, 15) is 0 Å². The topological polar surface area (TPSA) is 26.0 Å². The third-order valence-electron chi connectivity index (χ3n) is 1.19. The molecule has 0 aromatic rings. The summed E-state index contributed by atoms with van der Waals surface area (Å²) in [6.07, 6.45) is 3.74. The second kappa shape index (κ2) is 7.15. The Morgan fingerprint density at radius 1 is 1.44 bits per heavy atom. The Morgan fingerprint density at radius 3 is 2.56 bits per heavy atom. The van der Waals surface area contributed by atoms with E-state index in [-0.39, 0.29) is 0 Å². The van der Waals surface area contributed by atoms with E-state index in [1.54, 1.807) is 0 Å². The lowest BCUT2D eigenvalue weighted by molar-refractivity contribution is 0.697. The van der Waals surface area contributed by atoms with Crippen LogP contribution in [0.3, 0.4) is 0 Å². The van der Waals surface area contributed by atoms with Gasteiger partial charge in [0.1, 0.15) is 0 Å². The average molecular weight is 259 g/mol. The standard InChI is InChI=1S/C6H14INS/c7-4-2-1-3-6(9)5-8/h6,9H,1-5,8H2/t6-/m0/s1. The van der Waals surface area contributed by atoms with Crippen molar-refractivity contribution in [1.29, 1.82) is 0 Å². The van der Waals surface area contributed by atoms with Gasteiger partial charge in [-0.2, -0.15) is 12.6 Å². The van der Waals surface area contributed by atoms with Crippen LogP contribution < -0.4 is 5.73 Å². The van der Waals surface area contributed by atoms with Crippen molar-refractivity contribution in [2.75, 3.05) is 11.0 Å². The van der Waals surface area contributed by atoms with E-state index in [0.29, 0.717) is 11.8 Å². The minimum absolute atomic E-state index is 0.424. The van der Waals surface area contributed by atoms with Gasteiger partial charge in [-0.3, -0.25) is 0 Å². The molecule has 0 aromatic heterocycles. The monoisotopic (exact) mass is 259 g/mol. The Hall–Kier alpha value is 1.04. The minimum atomic E-state index is 0.424. The fourth-order valence-corrected chi connectivity index (χ4v) is 1.31. The molecule has 0 aliphatic carbocycles. The van der Waals surface area contributed by atoms with Crippen LogP contribution in [0, 0.1) is 0 Å². The number of nitrogens with two attached hydrogens (primary N) is 1. The first-order valence-corrected chi connectivity index (χ1v) is 5.29. The van der Waals surface area contributed by atoms with Crippen molar-refractivity contribution in [2.45, 2.75) is 24.5 Å². The van der Waals surface area contributed by atoms with Gasteiger partial charge in [0.25, 0.3) is 0 Å². The second-order valence-corrected chi connectivity index (χ2v) is 3.88. The van der Waals surface area contributed by atoms with Crippen LogP contribution in [-0.4, -0.2) is 16.2 Å². The van der Waals surface area contributed by atoms with Gasteiger partial charge in [-0.05, 0) is 17.3 Å². The molecule has 0 saturated heterocycles. The van der Waals surface area contributed by atoms with Crippen LogP contribution in [0.4, 0.5) is 0 Å². The lowest BCUT2D eigenvalue weighted by atomic mass is 10.2. The SMILES string of the molecule is NC[C@@H](S)CCCCI. The Labute approximate surface area is 76.3 Å². The molecule has 9 heavy (non-hydrogen) atoms. The molecule has 1 nitrogen and oxygen atoms in total. The van der Waals surface area contributed by atoms with Gasteiger partial charge in [0, 0.05) is 11.8 Å². The van der Waals surface area contributed by atoms with Gasteiger partial charge in [0.05, 0.1) is 0 Å². The van der Waals surface area contributed by atoms with Crippen molar-refractivity contribution < 1.29 is 0 Å². The molecule has 0 aliphatic heterocycles. The molecule has 0 saturated carbocycles. The highest BCUT2D eigenvalue weighted by molar-refractivity contribution is 14.1.